The average Bonchev–Trinajstić information content (AvgIpc) is 2.84. The minimum Gasteiger partial charge on any atom is -0.492 e. The predicted molar refractivity (Wildman–Crippen MR) is 79.1 cm³/mol. The zero-order valence-electron chi connectivity index (χ0n) is 12.0. The first-order valence-electron chi connectivity index (χ1n) is 6.58. The highest BCUT2D eigenvalue weighted by atomic mass is 16.7. The summed E-state index contributed by atoms with van der Waals surface area (Å²) >= 11 is 0. The summed E-state index contributed by atoms with van der Waals surface area (Å²) in [5, 5.41) is 18.7. The topological polar surface area (TPSA) is 92.0 Å². The maximum atomic E-state index is 11.7. The first kappa shape index (κ1) is 15.4. The average molecular weight is 304 g/mol. The van der Waals surface area contributed by atoms with Crippen LogP contribution in [0.3, 0.4) is 0 Å². The lowest BCUT2D eigenvalue weighted by Gasteiger charge is -2.18. The maximum Gasteiger partial charge on any atom is 0.335 e. The second-order valence-electron chi connectivity index (χ2n) is 4.69. The Kier molecular flexibility index (Phi) is 4.67. The van der Waals surface area contributed by atoms with Gasteiger partial charge in [-0.1, -0.05) is 0 Å². The summed E-state index contributed by atoms with van der Waals surface area (Å²) in [6.45, 7) is 0.377. The summed E-state index contributed by atoms with van der Waals surface area (Å²) in [4.78, 5) is 29.0. The number of aromatic hydroxyl groups is 2. The van der Waals surface area contributed by atoms with E-state index >= 15 is 0 Å². The number of nitrogens with zero attached hydrogens (tertiary/aromatic N) is 2. The molecule has 0 fully saturated rings. The Morgan fingerprint density at radius 3 is 2.32 bits per heavy atom. The molecule has 22 heavy (non-hydrogen) atoms. The van der Waals surface area contributed by atoms with E-state index in [0.717, 1.165) is 12.0 Å². The van der Waals surface area contributed by atoms with E-state index < -0.39 is 5.97 Å². The molecule has 0 aliphatic carbocycles. The van der Waals surface area contributed by atoms with Crippen molar-refractivity contribution in [3.8, 4) is 11.8 Å². The van der Waals surface area contributed by atoms with Crippen molar-refractivity contribution in [2.24, 2.45) is 0 Å². The largest absolute Gasteiger partial charge is 0.492 e. The van der Waals surface area contributed by atoms with Gasteiger partial charge in [-0.05, 0) is 24.3 Å². The molecule has 0 amide bonds. The smallest absolute Gasteiger partial charge is 0.335 e. The summed E-state index contributed by atoms with van der Waals surface area (Å²) in [6.07, 6.45) is 0.820. The third kappa shape index (κ3) is 3.57. The zero-order chi connectivity index (χ0) is 16.1. The fraction of sp³-hybridized carbons (Fsp3) is 0.200. The molecule has 0 spiro atoms. The minimum atomic E-state index is -0.599. The van der Waals surface area contributed by atoms with E-state index in [9.17, 15) is 19.8 Å². The van der Waals surface area contributed by atoms with E-state index in [1.54, 1.807) is 31.3 Å². The summed E-state index contributed by atoms with van der Waals surface area (Å²) in [5.41, 5.74) is 1.43. The quantitative estimate of drug-likeness (QED) is 0.779. The van der Waals surface area contributed by atoms with Gasteiger partial charge in [0, 0.05) is 37.0 Å². The Morgan fingerprint density at radius 1 is 1.18 bits per heavy atom. The van der Waals surface area contributed by atoms with Crippen LogP contribution in [0, 0.1) is 0 Å². The summed E-state index contributed by atoms with van der Waals surface area (Å²) in [7, 11) is 1.80. The van der Waals surface area contributed by atoms with Gasteiger partial charge in [0.05, 0.1) is 6.42 Å². The molecule has 0 aliphatic heterocycles. The van der Waals surface area contributed by atoms with E-state index in [2.05, 4.69) is 0 Å². The number of rotatable bonds is 6. The second-order valence-corrected chi connectivity index (χ2v) is 4.69. The molecule has 1 aromatic heterocycles. The normalized spacial score (nSPS) is 10.2. The van der Waals surface area contributed by atoms with Crippen molar-refractivity contribution in [1.82, 2.24) is 4.73 Å². The van der Waals surface area contributed by atoms with Gasteiger partial charge in [-0.15, -0.1) is 4.73 Å². The molecule has 2 N–H and O–H groups in total. The Morgan fingerprint density at radius 2 is 1.77 bits per heavy atom. The molecule has 0 unspecified atom stereocenters. The molecule has 0 bridgehead atoms. The predicted octanol–water partition coefficient (Wildman–Crippen LogP) is 1.19. The number of anilines is 1. The number of aldehydes is 1. The Bertz CT molecular complexity index is 644. The molecule has 0 saturated heterocycles. The monoisotopic (exact) mass is 304 g/mol. The van der Waals surface area contributed by atoms with Gasteiger partial charge in [0.1, 0.15) is 6.29 Å². The Labute approximate surface area is 126 Å². The van der Waals surface area contributed by atoms with Crippen LogP contribution < -0.4 is 9.74 Å². The standard InChI is InChI=1S/C15H16N2O5/c1-16(12-4-2-11(10-18)3-5-12)9-8-15(21)22-17-13(19)6-7-14(17)20/h2-7,10,19-20H,8-9H2,1H3. The molecule has 1 aromatic carbocycles. The van der Waals surface area contributed by atoms with Crippen molar-refractivity contribution in [1.29, 1.82) is 0 Å². The third-order valence-electron chi connectivity index (χ3n) is 3.11. The van der Waals surface area contributed by atoms with Crippen molar-refractivity contribution in [3.63, 3.8) is 0 Å². The van der Waals surface area contributed by atoms with Crippen LogP contribution in [0.4, 0.5) is 5.69 Å². The minimum absolute atomic E-state index is 0.0585. The van der Waals surface area contributed by atoms with Crippen molar-refractivity contribution in [3.05, 3.63) is 42.0 Å². The van der Waals surface area contributed by atoms with E-state index in [0.29, 0.717) is 16.8 Å². The SMILES string of the molecule is CN(CCC(=O)On1c(O)ccc1O)c1ccc(C=O)cc1. The van der Waals surface area contributed by atoms with Gasteiger partial charge in [0.2, 0.25) is 11.8 Å². The van der Waals surface area contributed by atoms with Crippen molar-refractivity contribution >= 4 is 17.9 Å². The van der Waals surface area contributed by atoms with Gasteiger partial charge in [-0.3, -0.25) is 4.79 Å². The molecule has 2 aromatic rings. The highest BCUT2D eigenvalue weighted by molar-refractivity contribution is 5.76. The van der Waals surface area contributed by atoms with Gasteiger partial charge in [0.25, 0.3) is 0 Å². The van der Waals surface area contributed by atoms with Crippen LogP contribution in [0.15, 0.2) is 36.4 Å². The number of aromatic nitrogens is 1. The molecule has 0 aliphatic rings. The maximum absolute atomic E-state index is 11.7. The Balaban J connectivity index is 1.88. The number of hydrogen-bond donors (Lipinski definition) is 2. The van der Waals surface area contributed by atoms with Crippen molar-refractivity contribution in [2.45, 2.75) is 6.42 Å². The first-order valence-corrected chi connectivity index (χ1v) is 6.58. The van der Waals surface area contributed by atoms with Gasteiger partial charge in [-0.25, -0.2) is 4.79 Å². The lowest BCUT2D eigenvalue weighted by atomic mass is 10.2. The van der Waals surface area contributed by atoms with Crippen LogP contribution in [0.25, 0.3) is 0 Å². The number of carbonyl (C=O) groups is 2. The van der Waals surface area contributed by atoms with E-state index in [1.807, 2.05) is 4.90 Å². The molecular formula is C15H16N2O5. The summed E-state index contributed by atoms with van der Waals surface area (Å²) in [6, 6.07) is 9.35. The van der Waals surface area contributed by atoms with Crippen molar-refractivity contribution < 1.29 is 24.6 Å². The molecule has 116 valence electrons. The van der Waals surface area contributed by atoms with Crippen LogP contribution in [0.1, 0.15) is 16.8 Å². The number of benzene rings is 1. The summed E-state index contributed by atoms with van der Waals surface area (Å²) < 4.78 is 0.654. The van der Waals surface area contributed by atoms with Gasteiger partial charge < -0.3 is 20.0 Å². The van der Waals surface area contributed by atoms with Gasteiger partial charge in [0.15, 0.2) is 0 Å². The van der Waals surface area contributed by atoms with Gasteiger partial charge >= 0.3 is 5.97 Å². The molecule has 0 radical (unpaired) electrons. The molecule has 7 nitrogen and oxygen atoms in total. The number of carbonyl (C=O) groups excluding carboxylic acids is 2. The molecule has 1 heterocycles. The Hall–Kier alpha value is -2.96. The molecule has 7 heteroatoms. The van der Waals surface area contributed by atoms with Crippen LogP contribution in [0.5, 0.6) is 11.8 Å². The third-order valence-corrected chi connectivity index (χ3v) is 3.11. The lowest BCUT2D eigenvalue weighted by molar-refractivity contribution is -0.145. The highest BCUT2D eigenvalue weighted by Gasteiger charge is 2.13. The highest BCUT2D eigenvalue weighted by Crippen LogP contribution is 2.19. The molecular weight excluding hydrogens is 288 g/mol. The first-order chi connectivity index (χ1) is 10.5. The molecule has 0 saturated carbocycles. The summed E-state index contributed by atoms with van der Waals surface area (Å²) in [5.74, 6) is -1.31. The fourth-order valence-corrected chi connectivity index (χ4v) is 1.84. The van der Waals surface area contributed by atoms with Crippen LogP contribution in [0.2, 0.25) is 0 Å². The second kappa shape index (κ2) is 6.66. The lowest BCUT2D eigenvalue weighted by Crippen LogP contribution is -2.26. The van der Waals surface area contributed by atoms with Crippen LogP contribution in [-0.4, -0.2) is 40.8 Å². The van der Waals surface area contributed by atoms with Crippen molar-refractivity contribution in [2.75, 3.05) is 18.5 Å². The molecule has 2 rings (SSSR count). The number of hydrogen-bond acceptors (Lipinski definition) is 6. The van der Waals surface area contributed by atoms with Gasteiger partial charge in [-0.2, -0.15) is 0 Å². The van der Waals surface area contributed by atoms with E-state index in [-0.39, 0.29) is 18.2 Å². The molecule has 0 atom stereocenters. The van der Waals surface area contributed by atoms with Crippen LogP contribution in [-0.2, 0) is 4.79 Å². The van der Waals surface area contributed by atoms with Crippen LogP contribution >= 0.6 is 0 Å². The van der Waals surface area contributed by atoms with E-state index in [4.69, 9.17) is 4.84 Å². The zero-order valence-corrected chi connectivity index (χ0v) is 12.0. The van der Waals surface area contributed by atoms with E-state index in [1.165, 1.54) is 12.1 Å². The fourth-order valence-electron chi connectivity index (χ4n) is 1.84.